The Kier molecular flexibility index (Phi) is 7.55. The van der Waals surface area contributed by atoms with Gasteiger partial charge >= 0.3 is 5.95 Å². The number of benzene rings is 3. The zero-order valence-electron chi connectivity index (χ0n) is 14.9. The summed E-state index contributed by atoms with van der Waals surface area (Å²) in [6.45, 7) is 0. The van der Waals surface area contributed by atoms with Gasteiger partial charge in [-0.2, -0.15) is 4.57 Å². The molecule has 138 valence electrons. The molecule has 0 saturated heterocycles. The van der Waals surface area contributed by atoms with Gasteiger partial charge in [-0.05, 0) is 36.4 Å². The Morgan fingerprint density at radius 3 is 1.89 bits per heavy atom. The number of aliphatic hydroxyl groups is 1. The molecule has 2 N–H and O–H groups in total. The number of aliphatic hydroxyl groups excluding tert-OH is 1. The minimum atomic E-state index is 0. The van der Waals surface area contributed by atoms with E-state index in [0.717, 1.165) is 30.1 Å². The van der Waals surface area contributed by atoms with E-state index in [1.54, 1.807) is 0 Å². The topological polar surface area (TPSA) is 54.0 Å². The predicted molar refractivity (Wildman–Crippen MR) is 103 cm³/mol. The van der Waals surface area contributed by atoms with Crippen LogP contribution in [0.25, 0.3) is 11.4 Å². The highest BCUT2D eigenvalue weighted by Gasteiger charge is 2.18. The number of halogens is 1. The molecule has 4 rings (SSSR count). The lowest BCUT2D eigenvalue weighted by Crippen LogP contribution is -3.00. The molecule has 3 aromatic carbocycles. The maximum Gasteiger partial charge on any atom is 0.387 e. The largest absolute Gasteiger partial charge is 1.00 e. The van der Waals surface area contributed by atoms with Crippen molar-refractivity contribution >= 4 is 11.6 Å². The van der Waals surface area contributed by atoms with Crippen molar-refractivity contribution < 1.29 is 22.1 Å². The zero-order valence-corrected chi connectivity index (χ0v) is 15.7. The summed E-state index contributed by atoms with van der Waals surface area (Å²) in [6.07, 6.45) is 1.98. The third-order valence-electron chi connectivity index (χ3n) is 3.74. The molecule has 4 aromatic rings. The zero-order chi connectivity index (χ0) is 18.2. The fraction of sp³-hybridized carbons (Fsp3) is 0.0476. The van der Waals surface area contributed by atoms with Gasteiger partial charge in [0.05, 0.1) is 11.4 Å². The molecule has 6 heteroatoms. The first-order valence-electron chi connectivity index (χ1n) is 8.29. The highest BCUT2D eigenvalue weighted by Crippen LogP contribution is 2.14. The number of anilines is 2. The van der Waals surface area contributed by atoms with Gasteiger partial charge in [0.1, 0.15) is 5.69 Å². The normalized spacial score (nSPS) is 9.56. The minimum absolute atomic E-state index is 0. The first-order valence-corrected chi connectivity index (χ1v) is 8.29. The third-order valence-corrected chi connectivity index (χ3v) is 3.74. The average molecular weight is 381 g/mol. The third kappa shape index (κ3) is 4.94. The summed E-state index contributed by atoms with van der Waals surface area (Å²) in [5.41, 5.74) is 3.07. The van der Waals surface area contributed by atoms with Gasteiger partial charge in [-0.15, -0.1) is 4.68 Å². The molecular weight excluding hydrogens is 360 g/mol. The maximum absolute atomic E-state index is 7.00. The highest BCUT2D eigenvalue weighted by molar-refractivity contribution is 5.51. The summed E-state index contributed by atoms with van der Waals surface area (Å²) in [4.78, 5) is 0. The van der Waals surface area contributed by atoms with Crippen LogP contribution in [0, 0.1) is 0 Å². The van der Waals surface area contributed by atoms with Crippen LogP contribution in [0.2, 0.25) is 0 Å². The number of hydrogen-bond donors (Lipinski definition) is 2. The molecule has 0 aliphatic carbocycles. The molecule has 0 unspecified atom stereocenters. The van der Waals surface area contributed by atoms with Crippen molar-refractivity contribution in [3.63, 3.8) is 0 Å². The van der Waals surface area contributed by atoms with Crippen LogP contribution in [-0.4, -0.2) is 22.0 Å². The molecule has 1 aromatic heterocycles. The summed E-state index contributed by atoms with van der Waals surface area (Å²) in [7, 11) is 1.00. The number of hydrogen-bond acceptors (Lipinski definition) is 3. The van der Waals surface area contributed by atoms with Crippen LogP contribution in [-0.2, 0) is 0 Å². The van der Waals surface area contributed by atoms with Crippen LogP contribution >= 0.6 is 0 Å². The van der Waals surface area contributed by atoms with Gasteiger partial charge in [-0.25, -0.2) is 0 Å². The number of aromatic nitrogens is 3. The Bertz CT molecular complexity index is 928. The lowest BCUT2D eigenvalue weighted by Gasteiger charge is -2.01. The molecule has 5 nitrogen and oxygen atoms in total. The van der Waals surface area contributed by atoms with E-state index in [1.165, 1.54) is 0 Å². The van der Waals surface area contributed by atoms with Crippen LogP contribution in [0.3, 0.4) is 0 Å². The Morgan fingerprint density at radius 2 is 1.30 bits per heavy atom. The Morgan fingerprint density at radius 1 is 0.778 bits per heavy atom. The summed E-state index contributed by atoms with van der Waals surface area (Å²) >= 11 is 0. The van der Waals surface area contributed by atoms with Crippen LogP contribution < -0.4 is 22.3 Å². The first kappa shape index (κ1) is 20.2. The lowest BCUT2D eigenvalue weighted by molar-refractivity contribution is -0.581. The van der Waals surface area contributed by atoms with E-state index in [0.29, 0.717) is 0 Å². The van der Waals surface area contributed by atoms with Crippen molar-refractivity contribution in [1.29, 1.82) is 0 Å². The Balaban J connectivity index is 0.000000844. The highest BCUT2D eigenvalue weighted by atomic mass is 35.5. The van der Waals surface area contributed by atoms with Crippen molar-refractivity contribution in [2.45, 2.75) is 0 Å². The molecule has 0 fully saturated rings. The fourth-order valence-corrected chi connectivity index (χ4v) is 2.56. The van der Waals surface area contributed by atoms with E-state index >= 15 is 0 Å². The van der Waals surface area contributed by atoms with Crippen molar-refractivity contribution in [3.05, 3.63) is 97.3 Å². The molecular formula is C21H21ClN4O. The molecule has 0 amide bonds. The smallest absolute Gasteiger partial charge is 0.387 e. The number of para-hydroxylation sites is 3. The van der Waals surface area contributed by atoms with Crippen LogP contribution in [0.5, 0.6) is 0 Å². The van der Waals surface area contributed by atoms with Crippen LogP contribution in [0.1, 0.15) is 0 Å². The van der Waals surface area contributed by atoms with Crippen molar-refractivity contribution in [3.8, 4) is 11.4 Å². The van der Waals surface area contributed by atoms with E-state index in [9.17, 15) is 0 Å². The molecule has 0 aliphatic heterocycles. The fourth-order valence-electron chi connectivity index (χ4n) is 2.56. The average Bonchev–Trinajstić information content (AvgIpc) is 3.15. The minimum Gasteiger partial charge on any atom is -1.00 e. The van der Waals surface area contributed by atoms with Gasteiger partial charge in [-0.3, -0.25) is 5.32 Å². The van der Waals surface area contributed by atoms with Crippen LogP contribution in [0.15, 0.2) is 97.3 Å². The molecule has 27 heavy (non-hydrogen) atoms. The quantitative estimate of drug-likeness (QED) is 0.507. The molecule has 1 heterocycles. The van der Waals surface area contributed by atoms with Crippen LogP contribution in [0.4, 0.5) is 11.6 Å². The summed E-state index contributed by atoms with van der Waals surface area (Å²) in [5, 5.41) is 15.1. The van der Waals surface area contributed by atoms with Gasteiger partial charge < -0.3 is 17.5 Å². The molecule has 0 bridgehead atoms. The van der Waals surface area contributed by atoms with Gasteiger partial charge in [0, 0.05) is 12.2 Å². The van der Waals surface area contributed by atoms with Crippen molar-refractivity contribution in [2.75, 3.05) is 12.4 Å². The predicted octanol–water partition coefficient (Wildman–Crippen LogP) is 0.505. The van der Waals surface area contributed by atoms with E-state index in [4.69, 9.17) is 10.2 Å². The molecule has 0 atom stereocenters. The van der Waals surface area contributed by atoms with E-state index in [1.807, 2.05) is 94.4 Å². The van der Waals surface area contributed by atoms with E-state index in [-0.39, 0.29) is 12.4 Å². The summed E-state index contributed by atoms with van der Waals surface area (Å²) in [5.74, 6) is 0.760. The second kappa shape index (κ2) is 10.1. The number of nitrogens with zero attached hydrogens (tertiary/aromatic N) is 3. The first-order chi connectivity index (χ1) is 12.9. The number of rotatable bonds is 4. The van der Waals surface area contributed by atoms with Crippen molar-refractivity contribution in [2.24, 2.45) is 0 Å². The lowest BCUT2D eigenvalue weighted by atomic mass is 10.3. The molecule has 0 aliphatic rings. The van der Waals surface area contributed by atoms with E-state index < -0.39 is 0 Å². The van der Waals surface area contributed by atoms with Gasteiger partial charge in [-0.1, -0.05) is 54.6 Å². The SMILES string of the molecule is CO.[Cl-].c1ccc(Nc2nn(-c3ccccc3)c[n+]2-c2ccccc2)cc1. The van der Waals surface area contributed by atoms with Gasteiger partial charge in [0.25, 0.3) is 0 Å². The standard InChI is InChI=1S/C20H17N4.CH4O.ClH/c1-4-10-17(11-5-1)21-20-22-24(19-14-8-3-9-15-19)16-23(20)18-12-6-2-7-13-18;1-2;/h1-16H,(H,21,22);2H,1H3;1H/q+1;;/p-1. The second-order valence-electron chi connectivity index (χ2n) is 5.42. The van der Waals surface area contributed by atoms with Gasteiger partial charge in [0.2, 0.25) is 6.33 Å². The second-order valence-corrected chi connectivity index (χ2v) is 5.42. The van der Waals surface area contributed by atoms with Gasteiger partial charge in [0.15, 0.2) is 0 Å². The molecule has 0 spiro atoms. The monoisotopic (exact) mass is 380 g/mol. The number of nitrogens with one attached hydrogen (secondary N) is 1. The molecule has 0 saturated carbocycles. The molecule has 0 radical (unpaired) electrons. The Hall–Kier alpha value is -3.15. The van der Waals surface area contributed by atoms with Crippen molar-refractivity contribution in [1.82, 2.24) is 9.78 Å². The Labute approximate surface area is 165 Å². The van der Waals surface area contributed by atoms with E-state index in [2.05, 4.69) is 17.4 Å². The summed E-state index contributed by atoms with van der Waals surface area (Å²) < 4.78 is 3.91. The maximum atomic E-state index is 7.00. The summed E-state index contributed by atoms with van der Waals surface area (Å²) in [6, 6.07) is 30.3.